The first-order chi connectivity index (χ1) is 6.07. The highest BCUT2D eigenvalue weighted by atomic mass is 15.5. The van der Waals surface area contributed by atoms with Crippen molar-refractivity contribution in [2.24, 2.45) is 11.3 Å². The van der Waals surface area contributed by atoms with Gasteiger partial charge in [0.2, 0.25) is 0 Å². The summed E-state index contributed by atoms with van der Waals surface area (Å²) in [6, 6.07) is 0. The van der Waals surface area contributed by atoms with E-state index in [4.69, 9.17) is 0 Å². The number of hydrazine groups is 1. The summed E-state index contributed by atoms with van der Waals surface area (Å²) in [5, 5.41) is 2.04. The van der Waals surface area contributed by atoms with Gasteiger partial charge in [-0.1, -0.05) is 27.7 Å². The van der Waals surface area contributed by atoms with E-state index in [1.165, 1.54) is 6.42 Å². The molecule has 0 rings (SSSR count). The fourth-order valence-electron chi connectivity index (χ4n) is 1.99. The molecule has 0 spiro atoms. The van der Waals surface area contributed by atoms with Gasteiger partial charge in [0.1, 0.15) is 0 Å². The Morgan fingerprint density at radius 3 is 1.79 bits per heavy atom. The van der Waals surface area contributed by atoms with E-state index in [1.807, 2.05) is 19.1 Å². The van der Waals surface area contributed by atoms with Crippen molar-refractivity contribution in [3.05, 3.63) is 0 Å². The average molecular weight is 200 g/mol. The molecular formula is C12H28N2. The van der Waals surface area contributed by atoms with Gasteiger partial charge in [0, 0.05) is 19.6 Å². The van der Waals surface area contributed by atoms with Crippen LogP contribution in [0.25, 0.3) is 0 Å². The molecule has 0 fully saturated rings. The minimum absolute atomic E-state index is 0.164. The highest BCUT2D eigenvalue weighted by molar-refractivity contribution is 4.85. The maximum Gasteiger partial charge on any atom is 0.0274 e. The lowest BCUT2D eigenvalue weighted by Gasteiger charge is -2.39. The number of rotatable bonds is 5. The van der Waals surface area contributed by atoms with Crippen molar-refractivity contribution in [2.75, 3.05) is 14.1 Å². The van der Waals surface area contributed by atoms with Crippen LogP contribution in [0.5, 0.6) is 0 Å². The van der Waals surface area contributed by atoms with Gasteiger partial charge in [0.05, 0.1) is 0 Å². The van der Waals surface area contributed by atoms with Gasteiger partial charge < -0.3 is 0 Å². The van der Waals surface area contributed by atoms with Crippen molar-refractivity contribution in [3.8, 4) is 0 Å². The summed E-state index contributed by atoms with van der Waals surface area (Å²) in [5.74, 6) is 0.714. The Labute approximate surface area is 90.0 Å². The number of nitrogens with one attached hydrogen (secondary N) is 1. The Morgan fingerprint density at radius 2 is 1.50 bits per heavy atom. The highest BCUT2D eigenvalue weighted by Gasteiger charge is 2.31. The molecule has 0 saturated heterocycles. The molecule has 0 saturated carbocycles. The first-order valence-corrected chi connectivity index (χ1v) is 5.52. The lowest BCUT2D eigenvalue weighted by atomic mass is 9.73. The Balaban J connectivity index is 4.34. The summed E-state index contributed by atoms with van der Waals surface area (Å²) in [4.78, 5) is 0. The Hall–Kier alpha value is -0.0800. The van der Waals surface area contributed by atoms with Crippen molar-refractivity contribution in [1.29, 1.82) is 0 Å². The predicted molar refractivity (Wildman–Crippen MR) is 64.1 cm³/mol. The second kappa shape index (κ2) is 4.63. The topological polar surface area (TPSA) is 15.3 Å². The minimum atomic E-state index is 0.164. The molecule has 0 aromatic rings. The monoisotopic (exact) mass is 200 g/mol. The van der Waals surface area contributed by atoms with Crippen molar-refractivity contribution in [3.63, 3.8) is 0 Å². The first kappa shape index (κ1) is 13.9. The fraction of sp³-hybridized carbons (Fsp3) is 1.00. The van der Waals surface area contributed by atoms with Crippen molar-refractivity contribution in [2.45, 2.75) is 53.5 Å². The molecule has 2 nitrogen and oxygen atoms in total. The molecule has 14 heavy (non-hydrogen) atoms. The third-order valence-electron chi connectivity index (χ3n) is 2.99. The van der Waals surface area contributed by atoms with E-state index >= 15 is 0 Å². The molecule has 0 amide bonds. The van der Waals surface area contributed by atoms with Gasteiger partial charge in [-0.2, -0.15) is 0 Å². The second-order valence-electron chi connectivity index (χ2n) is 6.21. The molecule has 0 aromatic heterocycles. The van der Waals surface area contributed by atoms with Crippen molar-refractivity contribution >= 4 is 0 Å². The van der Waals surface area contributed by atoms with Gasteiger partial charge in [0.15, 0.2) is 0 Å². The summed E-state index contributed by atoms with van der Waals surface area (Å²) in [6.45, 7) is 13.8. The number of hydrogen-bond donors (Lipinski definition) is 1. The predicted octanol–water partition coefficient (Wildman–Crippen LogP) is 2.90. The standard InChI is InChI=1S/C12H28N2/c1-10(2)11(3,4)9-12(5,6)13-14(7)8/h10,13H,9H2,1-8H3. The molecule has 0 atom stereocenters. The molecule has 0 aliphatic carbocycles. The van der Waals surface area contributed by atoms with Crippen LogP contribution in [0.2, 0.25) is 0 Å². The van der Waals surface area contributed by atoms with E-state index in [-0.39, 0.29) is 5.54 Å². The third kappa shape index (κ3) is 4.97. The van der Waals surface area contributed by atoms with Crippen LogP contribution in [0.3, 0.4) is 0 Å². The minimum Gasteiger partial charge on any atom is -0.250 e. The van der Waals surface area contributed by atoms with Crippen molar-refractivity contribution < 1.29 is 0 Å². The Bertz CT molecular complexity index is 169. The van der Waals surface area contributed by atoms with Gasteiger partial charge >= 0.3 is 0 Å². The summed E-state index contributed by atoms with van der Waals surface area (Å²) in [7, 11) is 4.09. The van der Waals surface area contributed by atoms with E-state index in [9.17, 15) is 0 Å². The largest absolute Gasteiger partial charge is 0.250 e. The average Bonchev–Trinajstić information content (AvgIpc) is 1.79. The SMILES string of the molecule is CC(C)C(C)(C)CC(C)(C)NN(C)C. The van der Waals surface area contributed by atoms with E-state index in [0.29, 0.717) is 11.3 Å². The highest BCUT2D eigenvalue weighted by Crippen LogP contribution is 2.34. The van der Waals surface area contributed by atoms with Gasteiger partial charge in [-0.25, -0.2) is 0 Å². The van der Waals surface area contributed by atoms with Crippen LogP contribution < -0.4 is 5.43 Å². The summed E-state index contributed by atoms with van der Waals surface area (Å²) in [5.41, 5.74) is 4.01. The van der Waals surface area contributed by atoms with Gasteiger partial charge in [0.25, 0.3) is 0 Å². The van der Waals surface area contributed by atoms with Gasteiger partial charge in [-0.3, -0.25) is 10.4 Å². The zero-order valence-electron chi connectivity index (χ0n) is 11.2. The third-order valence-corrected chi connectivity index (χ3v) is 2.99. The van der Waals surface area contributed by atoms with Crippen LogP contribution in [-0.4, -0.2) is 24.6 Å². The molecular weight excluding hydrogens is 172 g/mol. The Kier molecular flexibility index (Phi) is 4.60. The lowest BCUT2D eigenvalue weighted by molar-refractivity contribution is 0.105. The van der Waals surface area contributed by atoms with Crippen molar-refractivity contribution in [1.82, 2.24) is 10.4 Å². The normalized spacial score (nSPS) is 14.1. The van der Waals surface area contributed by atoms with Crippen LogP contribution in [0.4, 0.5) is 0 Å². The molecule has 0 unspecified atom stereocenters. The van der Waals surface area contributed by atoms with E-state index in [0.717, 1.165) is 0 Å². The first-order valence-electron chi connectivity index (χ1n) is 5.52. The molecule has 0 aliphatic rings. The zero-order valence-corrected chi connectivity index (χ0v) is 11.2. The maximum atomic E-state index is 3.46. The van der Waals surface area contributed by atoms with Crippen LogP contribution in [-0.2, 0) is 0 Å². The molecule has 0 aliphatic heterocycles. The quantitative estimate of drug-likeness (QED) is 0.687. The maximum absolute atomic E-state index is 3.46. The molecule has 2 heteroatoms. The molecule has 0 heterocycles. The molecule has 86 valence electrons. The molecule has 1 N–H and O–H groups in total. The van der Waals surface area contributed by atoms with Crippen LogP contribution in [0.1, 0.15) is 48.0 Å². The Morgan fingerprint density at radius 1 is 1.07 bits per heavy atom. The van der Waals surface area contributed by atoms with E-state index in [1.54, 1.807) is 0 Å². The van der Waals surface area contributed by atoms with Gasteiger partial charge in [-0.15, -0.1) is 0 Å². The smallest absolute Gasteiger partial charge is 0.0274 e. The van der Waals surface area contributed by atoms with Crippen LogP contribution in [0.15, 0.2) is 0 Å². The second-order valence-corrected chi connectivity index (χ2v) is 6.21. The zero-order chi connectivity index (χ0) is 11.6. The summed E-state index contributed by atoms with van der Waals surface area (Å²) >= 11 is 0. The molecule has 0 radical (unpaired) electrons. The molecule has 0 aromatic carbocycles. The molecule has 0 bridgehead atoms. The number of nitrogens with zero attached hydrogens (tertiary/aromatic N) is 1. The lowest BCUT2D eigenvalue weighted by Crippen LogP contribution is -2.50. The number of hydrogen-bond acceptors (Lipinski definition) is 2. The van der Waals surface area contributed by atoms with Crippen LogP contribution >= 0.6 is 0 Å². The van der Waals surface area contributed by atoms with E-state index < -0.39 is 0 Å². The fourth-order valence-corrected chi connectivity index (χ4v) is 1.99. The van der Waals surface area contributed by atoms with E-state index in [2.05, 4.69) is 47.0 Å². The summed E-state index contributed by atoms with van der Waals surface area (Å²) < 4.78 is 0. The summed E-state index contributed by atoms with van der Waals surface area (Å²) in [6.07, 6.45) is 1.18. The van der Waals surface area contributed by atoms with Gasteiger partial charge in [-0.05, 0) is 31.6 Å². The van der Waals surface area contributed by atoms with Crippen LogP contribution in [0, 0.1) is 11.3 Å².